The summed E-state index contributed by atoms with van der Waals surface area (Å²) in [5, 5.41) is 0.933. The number of hydrogen-bond donors (Lipinski definition) is 1. The van der Waals surface area contributed by atoms with Gasteiger partial charge < -0.3 is 14.6 Å². The highest BCUT2D eigenvalue weighted by Crippen LogP contribution is 2.25. The SMILES string of the molecule is COc1cccc(N(Cc2cc3cccc(C)c3[nH]c2=O)C(=O)c2ccc(C)cc2)c1. The van der Waals surface area contributed by atoms with Gasteiger partial charge >= 0.3 is 0 Å². The number of benzene rings is 3. The summed E-state index contributed by atoms with van der Waals surface area (Å²) in [5.41, 5.74) is 4.42. The number of aromatic amines is 1. The van der Waals surface area contributed by atoms with E-state index in [4.69, 9.17) is 4.74 Å². The number of nitrogens with zero attached hydrogens (tertiary/aromatic N) is 1. The first-order valence-electron chi connectivity index (χ1n) is 10.1. The fourth-order valence-corrected chi connectivity index (χ4v) is 3.63. The third-order valence-corrected chi connectivity index (χ3v) is 5.40. The zero-order chi connectivity index (χ0) is 22.0. The molecule has 0 bridgehead atoms. The molecular weight excluding hydrogens is 388 g/mol. The van der Waals surface area contributed by atoms with Crippen LogP contribution in [0.2, 0.25) is 0 Å². The lowest BCUT2D eigenvalue weighted by atomic mass is 10.1. The van der Waals surface area contributed by atoms with Crippen LogP contribution in [0, 0.1) is 13.8 Å². The monoisotopic (exact) mass is 412 g/mol. The number of para-hydroxylation sites is 1. The van der Waals surface area contributed by atoms with Gasteiger partial charge in [0.1, 0.15) is 5.75 Å². The van der Waals surface area contributed by atoms with Crippen LogP contribution in [0.3, 0.4) is 0 Å². The molecule has 156 valence electrons. The van der Waals surface area contributed by atoms with Gasteiger partial charge in [0, 0.05) is 22.9 Å². The first kappa shape index (κ1) is 20.4. The van der Waals surface area contributed by atoms with Crippen molar-refractivity contribution in [2.24, 2.45) is 0 Å². The highest BCUT2D eigenvalue weighted by Gasteiger charge is 2.20. The molecule has 0 aliphatic rings. The molecule has 4 aromatic rings. The Kier molecular flexibility index (Phi) is 5.58. The highest BCUT2D eigenvalue weighted by molar-refractivity contribution is 6.06. The van der Waals surface area contributed by atoms with Gasteiger partial charge in [-0.2, -0.15) is 0 Å². The molecular formula is C26H24N2O3. The van der Waals surface area contributed by atoms with Gasteiger partial charge in [-0.05, 0) is 55.1 Å². The summed E-state index contributed by atoms with van der Waals surface area (Å²) >= 11 is 0. The van der Waals surface area contributed by atoms with Crippen LogP contribution in [0.1, 0.15) is 27.0 Å². The number of carbonyl (C=O) groups excluding carboxylic acids is 1. The maximum absolute atomic E-state index is 13.5. The maximum Gasteiger partial charge on any atom is 0.258 e. The van der Waals surface area contributed by atoms with Gasteiger partial charge in [0.2, 0.25) is 0 Å². The lowest BCUT2D eigenvalue weighted by Gasteiger charge is -2.23. The zero-order valence-electron chi connectivity index (χ0n) is 17.8. The van der Waals surface area contributed by atoms with Crippen LogP contribution in [-0.4, -0.2) is 18.0 Å². The van der Waals surface area contributed by atoms with E-state index in [9.17, 15) is 9.59 Å². The molecule has 31 heavy (non-hydrogen) atoms. The molecule has 0 unspecified atom stereocenters. The number of methoxy groups -OCH3 is 1. The van der Waals surface area contributed by atoms with Gasteiger partial charge in [-0.15, -0.1) is 0 Å². The van der Waals surface area contributed by atoms with Crippen LogP contribution in [-0.2, 0) is 6.54 Å². The van der Waals surface area contributed by atoms with Gasteiger partial charge in [-0.25, -0.2) is 0 Å². The Hall–Kier alpha value is -3.86. The summed E-state index contributed by atoms with van der Waals surface area (Å²) in [7, 11) is 1.58. The normalized spacial score (nSPS) is 10.8. The Morgan fingerprint density at radius 3 is 2.45 bits per heavy atom. The highest BCUT2D eigenvalue weighted by atomic mass is 16.5. The average Bonchev–Trinajstić information content (AvgIpc) is 2.78. The number of aryl methyl sites for hydroxylation is 2. The van der Waals surface area contributed by atoms with E-state index < -0.39 is 0 Å². The average molecular weight is 412 g/mol. The van der Waals surface area contributed by atoms with Crippen molar-refractivity contribution in [1.82, 2.24) is 4.98 Å². The number of aromatic nitrogens is 1. The number of H-pyrrole nitrogens is 1. The molecule has 0 fully saturated rings. The van der Waals surface area contributed by atoms with Crippen molar-refractivity contribution in [2.75, 3.05) is 12.0 Å². The number of carbonyl (C=O) groups is 1. The van der Waals surface area contributed by atoms with Crippen molar-refractivity contribution in [2.45, 2.75) is 20.4 Å². The van der Waals surface area contributed by atoms with Crippen molar-refractivity contribution in [3.8, 4) is 5.75 Å². The van der Waals surface area contributed by atoms with E-state index in [0.29, 0.717) is 22.6 Å². The van der Waals surface area contributed by atoms with E-state index in [1.54, 1.807) is 30.2 Å². The predicted octanol–water partition coefficient (Wildman–Crippen LogP) is 5.00. The summed E-state index contributed by atoms with van der Waals surface area (Å²) in [6, 6.07) is 22.4. The first-order chi connectivity index (χ1) is 15.0. The van der Waals surface area contributed by atoms with Crippen molar-refractivity contribution in [3.63, 3.8) is 0 Å². The van der Waals surface area contributed by atoms with Crippen LogP contribution in [0.5, 0.6) is 5.75 Å². The number of ether oxygens (including phenoxy) is 1. The second-order valence-electron chi connectivity index (χ2n) is 7.62. The van der Waals surface area contributed by atoms with E-state index >= 15 is 0 Å². The molecule has 0 spiro atoms. The van der Waals surface area contributed by atoms with Crippen LogP contribution in [0.4, 0.5) is 5.69 Å². The number of hydrogen-bond acceptors (Lipinski definition) is 3. The predicted molar refractivity (Wildman–Crippen MR) is 124 cm³/mol. The van der Waals surface area contributed by atoms with Gasteiger partial charge in [0.05, 0.1) is 19.2 Å². The Bertz CT molecular complexity index is 1310. The van der Waals surface area contributed by atoms with Gasteiger partial charge in [0.25, 0.3) is 11.5 Å². The molecule has 3 aromatic carbocycles. The van der Waals surface area contributed by atoms with Crippen molar-refractivity contribution in [3.05, 3.63) is 105 Å². The summed E-state index contributed by atoms with van der Waals surface area (Å²) < 4.78 is 5.35. The molecule has 0 atom stereocenters. The molecule has 1 heterocycles. The molecule has 5 heteroatoms. The van der Waals surface area contributed by atoms with E-state index in [0.717, 1.165) is 22.0 Å². The fourth-order valence-electron chi connectivity index (χ4n) is 3.63. The molecule has 1 aromatic heterocycles. The smallest absolute Gasteiger partial charge is 0.258 e. The Labute approximate surface area is 180 Å². The minimum Gasteiger partial charge on any atom is -0.497 e. The topological polar surface area (TPSA) is 62.4 Å². The largest absolute Gasteiger partial charge is 0.497 e. The standard InChI is InChI=1S/C26H24N2O3/c1-17-10-12-19(13-11-17)26(30)28(22-8-5-9-23(15-22)31-3)16-21-14-20-7-4-6-18(2)24(20)27-25(21)29/h4-15H,16H2,1-3H3,(H,27,29). The summed E-state index contributed by atoms with van der Waals surface area (Å²) in [6.07, 6.45) is 0. The van der Waals surface area contributed by atoms with Crippen molar-refractivity contribution < 1.29 is 9.53 Å². The minimum atomic E-state index is -0.202. The fraction of sp³-hybridized carbons (Fsp3) is 0.154. The minimum absolute atomic E-state index is 0.138. The van der Waals surface area contributed by atoms with Crippen molar-refractivity contribution in [1.29, 1.82) is 0 Å². The lowest BCUT2D eigenvalue weighted by molar-refractivity contribution is 0.0985. The molecule has 5 nitrogen and oxygen atoms in total. The van der Waals surface area contributed by atoms with Crippen LogP contribution >= 0.6 is 0 Å². The third kappa shape index (κ3) is 4.21. The third-order valence-electron chi connectivity index (χ3n) is 5.40. The second kappa shape index (κ2) is 8.48. The maximum atomic E-state index is 13.5. The number of nitrogens with one attached hydrogen (secondary N) is 1. The van der Waals surface area contributed by atoms with E-state index in [1.807, 2.05) is 68.4 Å². The molecule has 0 aliphatic heterocycles. The molecule has 0 saturated heterocycles. The van der Waals surface area contributed by atoms with E-state index in [2.05, 4.69) is 4.98 Å². The zero-order valence-corrected chi connectivity index (χ0v) is 17.8. The Morgan fingerprint density at radius 1 is 0.968 bits per heavy atom. The molecule has 4 rings (SSSR count). The number of amides is 1. The summed E-state index contributed by atoms with van der Waals surface area (Å²) in [4.78, 5) is 30.9. The quantitative estimate of drug-likeness (QED) is 0.502. The van der Waals surface area contributed by atoms with Crippen LogP contribution < -0.4 is 15.2 Å². The number of pyridine rings is 1. The first-order valence-corrected chi connectivity index (χ1v) is 10.1. The molecule has 0 radical (unpaired) electrons. The lowest BCUT2D eigenvalue weighted by Crippen LogP contribution is -2.33. The molecule has 0 saturated carbocycles. The van der Waals surface area contributed by atoms with Crippen LogP contribution in [0.15, 0.2) is 77.6 Å². The van der Waals surface area contributed by atoms with E-state index in [1.165, 1.54) is 0 Å². The number of anilines is 1. The number of rotatable bonds is 5. The summed E-state index contributed by atoms with van der Waals surface area (Å²) in [5.74, 6) is 0.458. The van der Waals surface area contributed by atoms with Gasteiger partial charge in [-0.3, -0.25) is 9.59 Å². The Morgan fingerprint density at radius 2 is 1.71 bits per heavy atom. The summed E-state index contributed by atoms with van der Waals surface area (Å²) in [6.45, 7) is 4.07. The Balaban J connectivity index is 1.80. The van der Waals surface area contributed by atoms with Gasteiger partial charge in [0.15, 0.2) is 0 Å². The van der Waals surface area contributed by atoms with Crippen LogP contribution in [0.25, 0.3) is 10.9 Å². The van der Waals surface area contributed by atoms with Crippen molar-refractivity contribution >= 4 is 22.5 Å². The molecule has 0 aliphatic carbocycles. The number of fused-ring (bicyclic) bond motifs is 1. The molecule has 1 amide bonds. The van der Waals surface area contributed by atoms with E-state index in [-0.39, 0.29) is 18.0 Å². The second-order valence-corrected chi connectivity index (χ2v) is 7.62. The van der Waals surface area contributed by atoms with Gasteiger partial charge in [-0.1, -0.05) is 42.0 Å². The molecule has 1 N–H and O–H groups in total.